The highest BCUT2D eigenvalue weighted by Crippen LogP contribution is 2.40. The third-order valence-corrected chi connectivity index (χ3v) is 7.80. The second-order valence-corrected chi connectivity index (χ2v) is 10.1. The zero-order chi connectivity index (χ0) is 25.1. The van der Waals surface area contributed by atoms with Gasteiger partial charge in [-0.15, -0.1) is 0 Å². The molecule has 0 unspecified atom stereocenters. The number of alkyl halides is 1. The van der Waals surface area contributed by atoms with Crippen molar-refractivity contribution in [3.8, 4) is 11.1 Å². The number of carbonyl (C=O) groups excluding carboxylic acids is 2. The zero-order valence-electron chi connectivity index (χ0n) is 20.7. The van der Waals surface area contributed by atoms with Crippen molar-refractivity contribution in [3.63, 3.8) is 0 Å². The number of hydrogen-bond donors (Lipinski definition) is 1. The Morgan fingerprint density at radius 3 is 2.53 bits per heavy atom. The standard InChI is InChI=1S/C28H29FN4O3/c1-15-25(16(2)36-31-15)19-10-22(27(34)30-3)26-21-9-18(28(35)32-13-20(29)14-32)7-8-23(21)33(24(26)11-19)12-17-5-4-6-17/h7-11,17,20H,4-6,12-14H2,1-3H3,(H,30,34). The van der Waals surface area contributed by atoms with E-state index < -0.39 is 6.17 Å². The summed E-state index contributed by atoms with van der Waals surface area (Å²) in [5.41, 5.74) is 5.52. The fraction of sp³-hybridized carbons (Fsp3) is 0.393. The van der Waals surface area contributed by atoms with Gasteiger partial charge in [0.25, 0.3) is 11.8 Å². The van der Waals surface area contributed by atoms with E-state index in [2.05, 4.69) is 21.1 Å². The molecule has 2 aliphatic rings. The van der Waals surface area contributed by atoms with Gasteiger partial charge in [-0.3, -0.25) is 9.59 Å². The molecule has 1 aliphatic heterocycles. The van der Waals surface area contributed by atoms with E-state index in [0.29, 0.717) is 22.8 Å². The van der Waals surface area contributed by atoms with Crippen LogP contribution in [0.1, 0.15) is 51.4 Å². The van der Waals surface area contributed by atoms with Gasteiger partial charge in [0.2, 0.25) is 0 Å². The van der Waals surface area contributed by atoms with Gasteiger partial charge < -0.3 is 19.3 Å². The molecule has 1 aliphatic carbocycles. The van der Waals surface area contributed by atoms with Crippen molar-refractivity contribution >= 4 is 33.6 Å². The molecule has 2 fully saturated rings. The normalized spacial score (nSPS) is 16.4. The van der Waals surface area contributed by atoms with Crippen LogP contribution in [0.5, 0.6) is 0 Å². The van der Waals surface area contributed by atoms with Gasteiger partial charge in [-0.2, -0.15) is 0 Å². The Morgan fingerprint density at radius 2 is 1.92 bits per heavy atom. The SMILES string of the molecule is CNC(=O)c1cc(-c2c(C)noc2C)cc2c1c1cc(C(=O)N3CC(F)C3)ccc1n2CC1CCC1. The lowest BCUT2D eigenvalue weighted by atomic mass is 9.85. The highest BCUT2D eigenvalue weighted by Gasteiger charge is 2.32. The van der Waals surface area contributed by atoms with Gasteiger partial charge in [0, 0.05) is 46.6 Å². The highest BCUT2D eigenvalue weighted by atomic mass is 19.1. The van der Waals surface area contributed by atoms with Gasteiger partial charge in [0.15, 0.2) is 0 Å². The number of halogens is 1. The number of nitrogens with zero attached hydrogens (tertiary/aromatic N) is 3. The summed E-state index contributed by atoms with van der Waals surface area (Å²) in [5.74, 6) is 0.902. The summed E-state index contributed by atoms with van der Waals surface area (Å²) in [6.45, 7) is 4.88. The summed E-state index contributed by atoms with van der Waals surface area (Å²) in [7, 11) is 1.62. The molecule has 6 rings (SSSR count). The van der Waals surface area contributed by atoms with Gasteiger partial charge >= 0.3 is 0 Å². The maximum absolute atomic E-state index is 13.4. The first-order chi connectivity index (χ1) is 17.4. The third-order valence-electron chi connectivity index (χ3n) is 7.80. The van der Waals surface area contributed by atoms with Crippen LogP contribution in [0.2, 0.25) is 0 Å². The molecule has 0 atom stereocenters. The van der Waals surface area contributed by atoms with Crippen molar-refractivity contribution in [2.24, 2.45) is 5.92 Å². The molecule has 0 radical (unpaired) electrons. The monoisotopic (exact) mass is 488 g/mol. The second-order valence-electron chi connectivity index (χ2n) is 10.1. The number of amides is 2. The molecule has 1 saturated heterocycles. The molecule has 2 amide bonds. The fourth-order valence-electron chi connectivity index (χ4n) is 5.61. The predicted molar refractivity (Wildman–Crippen MR) is 136 cm³/mol. The van der Waals surface area contributed by atoms with Crippen LogP contribution in [-0.2, 0) is 6.54 Å². The van der Waals surface area contributed by atoms with Crippen molar-refractivity contribution in [3.05, 3.63) is 52.9 Å². The first-order valence-electron chi connectivity index (χ1n) is 12.5. The lowest BCUT2D eigenvalue weighted by Gasteiger charge is -2.34. The van der Waals surface area contributed by atoms with E-state index in [-0.39, 0.29) is 24.9 Å². The van der Waals surface area contributed by atoms with Gasteiger partial charge in [0.1, 0.15) is 11.9 Å². The number of aryl methyl sites for hydroxylation is 2. The molecule has 2 aromatic carbocycles. The smallest absolute Gasteiger partial charge is 0.254 e. The maximum atomic E-state index is 13.4. The second kappa shape index (κ2) is 8.47. The molecule has 7 nitrogen and oxygen atoms in total. The van der Waals surface area contributed by atoms with Crippen LogP contribution in [0.25, 0.3) is 32.9 Å². The molecule has 1 saturated carbocycles. The average molecular weight is 489 g/mol. The first-order valence-corrected chi connectivity index (χ1v) is 12.5. The van der Waals surface area contributed by atoms with E-state index in [9.17, 15) is 14.0 Å². The number of rotatable bonds is 5. The van der Waals surface area contributed by atoms with Crippen molar-refractivity contribution in [2.75, 3.05) is 20.1 Å². The van der Waals surface area contributed by atoms with Gasteiger partial charge in [-0.25, -0.2) is 4.39 Å². The fourth-order valence-corrected chi connectivity index (χ4v) is 5.61. The van der Waals surface area contributed by atoms with Crippen LogP contribution < -0.4 is 5.32 Å². The Balaban J connectivity index is 1.62. The summed E-state index contributed by atoms with van der Waals surface area (Å²) in [6.07, 6.45) is 2.65. The Morgan fingerprint density at radius 1 is 1.14 bits per heavy atom. The van der Waals surface area contributed by atoms with E-state index in [4.69, 9.17) is 4.52 Å². The van der Waals surface area contributed by atoms with Crippen LogP contribution in [0.15, 0.2) is 34.9 Å². The minimum Gasteiger partial charge on any atom is -0.361 e. The Bertz CT molecular complexity index is 1510. The van der Waals surface area contributed by atoms with Gasteiger partial charge in [-0.05, 0) is 68.5 Å². The van der Waals surface area contributed by atoms with Crippen LogP contribution >= 0.6 is 0 Å². The van der Waals surface area contributed by atoms with Crippen LogP contribution in [0, 0.1) is 19.8 Å². The third kappa shape index (κ3) is 3.50. The summed E-state index contributed by atoms with van der Waals surface area (Å²) < 4.78 is 21.1. The molecule has 0 spiro atoms. The molecule has 0 bridgehead atoms. The summed E-state index contributed by atoms with van der Waals surface area (Å²) >= 11 is 0. The molecule has 3 heterocycles. The molecule has 1 N–H and O–H groups in total. The van der Waals surface area contributed by atoms with E-state index in [0.717, 1.165) is 45.2 Å². The Kier molecular flexibility index (Phi) is 5.35. The van der Waals surface area contributed by atoms with E-state index in [1.807, 2.05) is 38.1 Å². The Hall–Kier alpha value is -3.68. The lowest BCUT2D eigenvalue weighted by Crippen LogP contribution is -2.51. The lowest BCUT2D eigenvalue weighted by molar-refractivity contribution is 0.0400. The molecule has 8 heteroatoms. The molecular formula is C28H29FN4O3. The number of fused-ring (bicyclic) bond motifs is 3. The van der Waals surface area contributed by atoms with Crippen LogP contribution in [0.3, 0.4) is 0 Å². The summed E-state index contributed by atoms with van der Waals surface area (Å²) in [4.78, 5) is 27.7. The molecule has 2 aromatic heterocycles. The van der Waals surface area contributed by atoms with E-state index in [1.165, 1.54) is 24.2 Å². The Labute approximate surface area is 208 Å². The highest BCUT2D eigenvalue weighted by molar-refractivity contribution is 6.20. The van der Waals surface area contributed by atoms with Crippen molar-refractivity contribution in [2.45, 2.75) is 45.8 Å². The molecule has 4 aromatic rings. The number of nitrogens with one attached hydrogen (secondary N) is 1. The van der Waals surface area contributed by atoms with Gasteiger partial charge in [-0.1, -0.05) is 11.6 Å². The number of likely N-dealkylation sites (tertiary alicyclic amines) is 1. The molecule has 186 valence electrons. The topological polar surface area (TPSA) is 80.4 Å². The van der Waals surface area contributed by atoms with E-state index >= 15 is 0 Å². The minimum absolute atomic E-state index is 0.130. The summed E-state index contributed by atoms with van der Waals surface area (Å²) in [6, 6.07) is 9.65. The number of aromatic nitrogens is 2. The number of hydrogen-bond acceptors (Lipinski definition) is 4. The molecular weight excluding hydrogens is 459 g/mol. The first kappa shape index (κ1) is 22.8. The quantitative estimate of drug-likeness (QED) is 0.428. The van der Waals surface area contributed by atoms with Crippen molar-refractivity contribution in [1.29, 1.82) is 0 Å². The average Bonchev–Trinajstić information content (AvgIpc) is 3.33. The number of carbonyl (C=O) groups is 2. The van der Waals surface area contributed by atoms with E-state index in [1.54, 1.807) is 7.05 Å². The van der Waals surface area contributed by atoms with Crippen LogP contribution in [-0.4, -0.2) is 52.7 Å². The largest absolute Gasteiger partial charge is 0.361 e. The zero-order valence-corrected chi connectivity index (χ0v) is 20.7. The van der Waals surface area contributed by atoms with Gasteiger partial charge in [0.05, 0.1) is 24.3 Å². The van der Waals surface area contributed by atoms with Crippen molar-refractivity contribution < 1.29 is 18.5 Å². The summed E-state index contributed by atoms with van der Waals surface area (Å²) in [5, 5.41) is 8.58. The van der Waals surface area contributed by atoms with Crippen LogP contribution in [0.4, 0.5) is 4.39 Å². The minimum atomic E-state index is -0.954. The van der Waals surface area contributed by atoms with Crippen molar-refractivity contribution in [1.82, 2.24) is 19.9 Å². The number of benzene rings is 2. The molecule has 36 heavy (non-hydrogen) atoms. The predicted octanol–water partition coefficient (Wildman–Crippen LogP) is 5.02. The maximum Gasteiger partial charge on any atom is 0.254 e.